The van der Waals surface area contributed by atoms with Crippen molar-refractivity contribution in [1.29, 1.82) is 0 Å². The van der Waals surface area contributed by atoms with Gasteiger partial charge in [-0.15, -0.1) is 0 Å². The second-order valence-electron chi connectivity index (χ2n) is 10.2. The van der Waals surface area contributed by atoms with Gasteiger partial charge in [-0.1, -0.05) is 11.6 Å². The third-order valence-corrected chi connectivity index (χ3v) is 6.65. The third kappa shape index (κ3) is 4.57. The highest BCUT2D eigenvalue weighted by Crippen LogP contribution is 2.38. The highest BCUT2D eigenvalue weighted by atomic mass is 35.5. The first-order valence-electron chi connectivity index (χ1n) is 12.2. The summed E-state index contributed by atoms with van der Waals surface area (Å²) in [4.78, 5) is 44.9. The van der Waals surface area contributed by atoms with E-state index in [1.165, 1.54) is 6.33 Å². The summed E-state index contributed by atoms with van der Waals surface area (Å²) in [5.74, 6) is 1.41. The second-order valence-corrected chi connectivity index (χ2v) is 10.7. The number of halogens is 1. The van der Waals surface area contributed by atoms with E-state index >= 15 is 0 Å². The average Bonchev–Trinajstić information content (AvgIpc) is 3.41. The number of hydrogen-bond acceptors (Lipinski definition) is 7. The number of fused-ring (bicyclic) bond motifs is 1. The summed E-state index contributed by atoms with van der Waals surface area (Å²) in [5.41, 5.74) is 0.850. The number of pyridine rings is 1. The molecule has 36 heavy (non-hydrogen) atoms. The van der Waals surface area contributed by atoms with Gasteiger partial charge in [-0.2, -0.15) is 0 Å². The number of anilines is 2. The summed E-state index contributed by atoms with van der Waals surface area (Å²) in [6.07, 6.45) is 6.06. The lowest BCUT2D eigenvalue weighted by atomic mass is 10.1. The zero-order chi connectivity index (χ0) is 25.6. The first-order chi connectivity index (χ1) is 17.1. The van der Waals surface area contributed by atoms with Gasteiger partial charge in [0.15, 0.2) is 5.65 Å². The largest absolute Gasteiger partial charge is 0.444 e. The molecule has 2 saturated heterocycles. The number of nitrogens with zero attached hydrogens (tertiary/aromatic N) is 7. The Hall–Kier alpha value is -3.40. The van der Waals surface area contributed by atoms with Gasteiger partial charge < -0.3 is 19.4 Å². The summed E-state index contributed by atoms with van der Waals surface area (Å²) in [7, 11) is 0. The molecule has 5 rings (SSSR count). The van der Waals surface area contributed by atoms with Gasteiger partial charge in [-0.05, 0) is 40.2 Å². The van der Waals surface area contributed by atoms with Gasteiger partial charge in [-0.3, -0.25) is 9.36 Å². The Labute approximate surface area is 214 Å². The standard InChI is InChI=1S/C25H30ClN7O3/c1-16-13-30(24(35)36-25(2,3)4)10-11-31(16)22-21-18(32-9-5-6-20(32)34)14-33(23(21)29-15-28-22)19-12-17(26)7-8-27-19/h7-8,12,14-16H,5-6,9-11,13H2,1-4H3/t16-/m0/s1. The van der Waals surface area contributed by atoms with Crippen LogP contribution in [0.25, 0.3) is 16.9 Å². The van der Waals surface area contributed by atoms with Gasteiger partial charge in [0.2, 0.25) is 5.91 Å². The molecule has 0 N–H and O–H groups in total. The Balaban J connectivity index is 1.56. The van der Waals surface area contributed by atoms with Crippen LogP contribution in [0.1, 0.15) is 40.5 Å². The van der Waals surface area contributed by atoms with Gasteiger partial charge in [0, 0.05) is 62.1 Å². The van der Waals surface area contributed by atoms with Crippen LogP contribution >= 0.6 is 11.6 Å². The highest BCUT2D eigenvalue weighted by Gasteiger charge is 2.34. The SMILES string of the molecule is C[C@H]1CN(C(=O)OC(C)(C)C)CCN1c1ncnc2c1c(N1CCCC1=O)cn2-c1cc(Cl)ccn1. The summed E-state index contributed by atoms with van der Waals surface area (Å²) in [6, 6.07) is 3.45. The maximum atomic E-state index is 12.8. The van der Waals surface area contributed by atoms with E-state index < -0.39 is 5.60 Å². The minimum absolute atomic E-state index is 0.0286. The summed E-state index contributed by atoms with van der Waals surface area (Å²) in [6.45, 7) is 9.85. The molecule has 0 aliphatic carbocycles. The molecular weight excluding hydrogens is 482 g/mol. The van der Waals surface area contributed by atoms with Gasteiger partial charge in [0.1, 0.15) is 23.6 Å². The van der Waals surface area contributed by atoms with E-state index in [1.807, 2.05) is 31.5 Å². The number of rotatable bonds is 3. The van der Waals surface area contributed by atoms with Crippen molar-refractivity contribution in [2.24, 2.45) is 0 Å². The lowest BCUT2D eigenvalue weighted by Crippen LogP contribution is -2.54. The number of carbonyl (C=O) groups is 2. The molecule has 2 amide bonds. The van der Waals surface area contributed by atoms with E-state index in [4.69, 9.17) is 16.3 Å². The quantitative estimate of drug-likeness (QED) is 0.523. The Kier molecular flexibility index (Phi) is 6.23. The van der Waals surface area contributed by atoms with Crippen molar-refractivity contribution in [3.63, 3.8) is 0 Å². The fourth-order valence-electron chi connectivity index (χ4n) is 4.82. The molecule has 2 fully saturated rings. The van der Waals surface area contributed by atoms with Gasteiger partial charge >= 0.3 is 6.09 Å². The number of aromatic nitrogens is 4. The van der Waals surface area contributed by atoms with Crippen molar-refractivity contribution in [3.8, 4) is 5.82 Å². The Morgan fingerprint density at radius 2 is 1.97 bits per heavy atom. The van der Waals surface area contributed by atoms with Crippen LogP contribution in [0.15, 0.2) is 30.9 Å². The minimum atomic E-state index is -0.551. The van der Waals surface area contributed by atoms with Crippen LogP contribution in [0.2, 0.25) is 5.02 Å². The maximum absolute atomic E-state index is 12.8. The highest BCUT2D eigenvalue weighted by molar-refractivity contribution is 6.30. The Morgan fingerprint density at radius 1 is 1.17 bits per heavy atom. The van der Waals surface area contributed by atoms with Crippen LogP contribution in [0, 0.1) is 0 Å². The maximum Gasteiger partial charge on any atom is 0.410 e. The zero-order valence-corrected chi connectivity index (χ0v) is 21.7. The van der Waals surface area contributed by atoms with E-state index in [0.29, 0.717) is 49.1 Å². The molecule has 0 unspecified atom stereocenters. The molecule has 3 aromatic rings. The molecule has 2 aliphatic heterocycles. The fraction of sp³-hybridized carbons (Fsp3) is 0.480. The molecule has 0 spiro atoms. The van der Waals surface area contributed by atoms with Gasteiger partial charge in [0.05, 0.1) is 11.1 Å². The van der Waals surface area contributed by atoms with E-state index in [0.717, 1.165) is 23.3 Å². The molecular formula is C25H30ClN7O3. The van der Waals surface area contributed by atoms with E-state index in [1.54, 1.807) is 28.1 Å². The molecule has 1 atom stereocenters. The molecule has 0 aromatic carbocycles. The monoisotopic (exact) mass is 511 g/mol. The minimum Gasteiger partial charge on any atom is -0.444 e. The normalized spacial score (nSPS) is 18.9. The van der Waals surface area contributed by atoms with Crippen molar-refractivity contribution < 1.29 is 14.3 Å². The molecule has 190 valence electrons. The van der Waals surface area contributed by atoms with E-state index in [2.05, 4.69) is 26.8 Å². The lowest BCUT2D eigenvalue weighted by molar-refractivity contribution is -0.117. The smallest absolute Gasteiger partial charge is 0.410 e. The van der Waals surface area contributed by atoms with Crippen molar-refractivity contribution >= 4 is 46.1 Å². The van der Waals surface area contributed by atoms with E-state index in [9.17, 15) is 9.59 Å². The number of piperazine rings is 1. The molecule has 3 aromatic heterocycles. The van der Waals surface area contributed by atoms with Crippen LogP contribution in [0.4, 0.5) is 16.3 Å². The van der Waals surface area contributed by atoms with Crippen LogP contribution in [-0.4, -0.2) is 74.2 Å². The number of carbonyl (C=O) groups excluding carboxylic acids is 2. The van der Waals surface area contributed by atoms with Crippen LogP contribution in [-0.2, 0) is 9.53 Å². The summed E-state index contributed by atoms with van der Waals surface area (Å²) in [5, 5.41) is 1.34. The molecule has 10 nitrogen and oxygen atoms in total. The number of hydrogen-bond donors (Lipinski definition) is 0. The second kappa shape index (κ2) is 9.24. The Morgan fingerprint density at radius 3 is 2.64 bits per heavy atom. The molecule has 2 aliphatic rings. The molecule has 0 saturated carbocycles. The van der Waals surface area contributed by atoms with Crippen molar-refractivity contribution in [3.05, 3.63) is 35.9 Å². The zero-order valence-electron chi connectivity index (χ0n) is 20.9. The van der Waals surface area contributed by atoms with Crippen molar-refractivity contribution in [2.45, 2.75) is 52.2 Å². The van der Waals surface area contributed by atoms with Crippen molar-refractivity contribution in [1.82, 2.24) is 24.4 Å². The lowest BCUT2D eigenvalue weighted by Gasteiger charge is -2.41. The van der Waals surface area contributed by atoms with Crippen LogP contribution in [0.3, 0.4) is 0 Å². The van der Waals surface area contributed by atoms with E-state index in [-0.39, 0.29) is 18.0 Å². The van der Waals surface area contributed by atoms with Gasteiger partial charge in [-0.25, -0.2) is 19.7 Å². The topological polar surface area (TPSA) is 96.7 Å². The first-order valence-corrected chi connectivity index (χ1v) is 12.5. The van der Waals surface area contributed by atoms with Crippen LogP contribution < -0.4 is 9.80 Å². The third-order valence-electron chi connectivity index (χ3n) is 6.41. The molecule has 5 heterocycles. The molecule has 11 heteroatoms. The first kappa shape index (κ1) is 24.3. The number of amides is 2. The molecule has 0 bridgehead atoms. The van der Waals surface area contributed by atoms with Gasteiger partial charge in [0.25, 0.3) is 0 Å². The number of ether oxygens (including phenoxy) is 1. The fourth-order valence-corrected chi connectivity index (χ4v) is 4.97. The van der Waals surface area contributed by atoms with Crippen molar-refractivity contribution in [2.75, 3.05) is 36.0 Å². The molecule has 0 radical (unpaired) electrons. The average molecular weight is 512 g/mol. The summed E-state index contributed by atoms with van der Waals surface area (Å²) < 4.78 is 7.43. The predicted octanol–water partition coefficient (Wildman–Crippen LogP) is 4.04. The Bertz CT molecular complexity index is 1320. The summed E-state index contributed by atoms with van der Waals surface area (Å²) >= 11 is 6.25. The predicted molar refractivity (Wildman–Crippen MR) is 138 cm³/mol. The van der Waals surface area contributed by atoms with Crippen LogP contribution in [0.5, 0.6) is 0 Å².